The third-order valence-electron chi connectivity index (χ3n) is 3.35. The summed E-state index contributed by atoms with van der Waals surface area (Å²) in [6.07, 6.45) is 3.62. The van der Waals surface area contributed by atoms with E-state index in [0.717, 1.165) is 28.3 Å². The molecule has 130 valence electrons. The van der Waals surface area contributed by atoms with Gasteiger partial charge in [-0.2, -0.15) is 11.8 Å². The summed E-state index contributed by atoms with van der Waals surface area (Å²) in [6, 6.07) is 20.7. The van der Waals surface area contributed by atoms with Crippen LogP contribution in [0.1, 0.15) is 11.3 Å². The Morgan fingerprint density at radius 1 is 0.960 bits per heavy atom. The minimum absolute atomic E-state index is 0. The van der Waals surface area contributed by atoms with Gasteiger partial charge in [-0.15, -0.1) is 36.4 Å². The maximum absolute atomic E-state index is 4.25. The zero-order valence-electron chi connectivity index (χ0n) is 14.0. The van der Waals surface area contributed by atoms with Crippen LogP contribution in [0.3, 0.4) is 0 Å². The van der Waals surface area contributed by atoms with E-state index in [1.54, 1.807) is 6.20 Å². The zero-order chi connectivity index (χ0) is 16.8. The molecule has 0 saturated heterocycles. The van der Waals surface area contributed by atoms with Crippen LogP contribution >= 0.6 is 0 Å². The Morgan fingerprint density at radius 3 is 2.36 bits per heavy atom. The van der Waals surface area contributed by atoms with Crippen LogP contribution in [-0.4, -0.2) is 10.1 Å². The van der Waals surface area contributed by atoms with E-state index in [0.29, 0.717) is 0 Å². The van der Waals surface area contributed by atoms with Crippen LogP contribution in [0.2, 0.25) is 0 Å². The van der Waals surface area contributed by atoms with Crippen molar-refractivity contribution in [1.82, 2.24) is 20.2 Å². The van der Waals surface area contributed by atoms with Crippen molar-refractivity contribution in [3.8, 4) is 22.6 Å². The van der Waals surface area contributed by atoms with Crippen LogP contribution in [0.25, 0.3) is 22.6 Å². The van der Waals surface area contributed by atoms with Crippen molar-refractivity contribution in [2.45, 2.75) is 13.8 Å². The van der Waals surface area contributed by atoms with Gasteiger partial charge in [0.1, 0.15) is 0 Å². The first-order valence-electron chi connectivity index (χ1n) is 7.67. The van der Waals surface area contributed by atoms with E-state index in [-0.39, 0.29) is 21.1 Å². The Bertz CT molecular complexity index is 806. The number of aryl methyl sites for hydroxylation is 2. The Kier molecular flexibility index (Phi) is 6.90. The van der Waals surface area contributed by atoms with E-state index in [2.05, 4.69) is 32.3 Å². The predicted molar refractivity (Wildman–Crippen MR) is 94.3 cm³/mol. The number of hydrogen-bond donors (Lipinski definition) is 0. The second-order valence-electron chi connectivity index (χ2n) is 5.39. The number of pyridine rings is 1. The van der Waals surface area contributed by atoms with E-state index in [1.165, 1.54) is 5.56 Å². The molecule has 3 heterocycles. The average molecular weight is 508 g/mol. The molecule has 25 heavy (non-hydrogen) atoms. The van der Waals surface area contributed by atoms with Gasteiger partial charge in [0.05, 0.1) is 0 Å². The maximum Gasteiger partial charge on any atom is 0.0494 e. The molecule has 0 unspecified atom stereocenters. The topological polar surface area (TPSA) is 54.0 Å². The summed E-state index contributed by atoms with van der Waals surface area (Å²) < 4.78 is 0. The van der Waals surface area contributed by atoms with Gasteiger partial charge in [0, 0.05) is 38.6 Å². The summed E-state index contributed by atoms with van der Waals surface area (Å²) in [5, 5.41) is 7.88. The minimum Gasteiger partial charge on any atom is -0.707 e. The summed E-state index contributed by atoms with van der Waals surface area (Å²) in [5.41, 5.74) is 5.91. The molecule has 0 aliphatic rings. The van der Waals surface area contributed by atoms with Crippen molar-refractivity contribution in [2.75, 3.05) is 0 Å². The van der Waals surface area contributed by atoms with Crippen molar-refractivity contribution in [2.24, 2.45) is 0 Å². The maximum atomic E-state index is 4.25. The molecule has 4 rings (SSSR count). The standard InChI is InChI=1S/C11H9N.C9H8N3.Pt/c1-9-7-11(12-8-9)10-5-3-2-4-6-10;1-7-6-9(12-11-7)8-4-2-3-5-10-8;/h2-5,7-8H,1H3;2-6H,1H3;/q-2;-1;. The smallest absolute Gasteiger partial charge is 0.0494 e. The molecule has 0 aliphatic carbocycles. The molecule has 0 fully saturated rings. The van der Waals surface area contributed by atoms with Gasteiger partial charge < -0.3 is 15.2 Å². The van der Waals surface area contributed by atoms with Crippen molar-refractivity contribution in [3.05, 3.63) is 84.3 Å². The number of benzene rings is 1. The Balaban J connectivity index is 0.000000173. The normalized spacial score (nSPS) is 9.68. The van der Waals surface area contributed by atoms with Crippen LogP contribution in [0.5, 0.6) is 0 Å². The van der Waals surface area contributed by atoms with Crippen molar-refractivity contribution < 1.29 is 21.1 Å². The predicted octanol–water partition coefficient (Wildman–Crippen LogP) is 3.83. The van der Waals surface area contributed by atoms with Crippen molar-refractivity contribution in [1.29, 1.82) is 0 Å². The van der Waals surface area contributed by atoms with Gasteiger partial charge in [-0.25, -0.2) is 5.69 Å². The molecule has 1 aromatic carbocycles. The summed E-state index contributed by atoms with van der Waals surface area (Å²) >= 11 is 0. The SMILES string of the molecule is Cc1c[n-]c(-c2[c-]cccc2)c1.Cc1cc(-c2ccccn2)[n-]n1.[Pt]. The van der Waals surface area contributed by atoms with Gasteiger partial charge in [0.2, 0.25) is 0 Å². The van der Waals surface area contributed by atoms with Crippen LogP contribution in [0.15, 0.2) is 67.0 Å². The fraction of sp³-hybridized carbons (Fsp3) is 0.100. The molecule has 0 saturated carbocycles. The molecule has 5 heteroatoms. The van der Waals surface area contributed by atoms with Crippen LogP contribution in [0, 0.1) is 19.9 Å². The molecular formula is C20H17N4Pt-3. The molecule has 0 spiro atoms. The van der Waals surface area contributed by atoms with E-state index in [4.69, 9.17) is 0 Å². The van der Waals surface area contributed by atoms with Crippen LogP contribution < -0.4 is 10.1 Å². The summed E-state index contributed by atoms with van der Waals surface area (Å²) in [6.45, 7) is 3.96. The van der Waals surface area contributed by atoms with Crippen molar-refractivity contribution in [3.63, 3.8) is 0 Å². The molecule has 0 atom stereocenters. The fourth-order valence-corrected chi connectivity index (χ4v) is 2.19. The van der Waals surface area contributed by atoms with E-state index in [9.17, 15) is 0 Å². The van der Waals surface area contributed by atoms with Crippen LogP contribution in [-0.2, 0) is 21.1 Å². The van der Waals surface area contributed by atoms with Gasteiger partial charge in [-0.05, 0) is 26.0 Å². The third-order valence-corrected chi connectivity index (χ3v) is 3.35. The van der Waals surface area contributed by atoms with Crippen LogP contribution in [0.4, 0.5) is 0 Å². The van der Waals surface area contributed by atoms with Gasteiger partial charge in [-0.1, -0.05) is 23.4 Å². The average Bonchev–Trinajstić information content (AvgIpc) is 3.26. The summed E-state index contributed by atoms with van der Waals surface area (Å²) in [5.74, 6) is 0. The largest absolute Gasteiger partial charge is 0.707 e. The first-order chi connectivity index (χ1) is 11.7. The first-order valence-corrected chi connectivity index (χ1v) is 7.67. The molecule has 0 N–H and O–H groups in total. The second kappa shape index (κ2) is 9.14. The zero-order valence-corrected chi connectivity index (χ0v) is 16.2. The minimum atomic E-state index is 0. The number of aromatic nitrogens is 4. The molecule has 4 nitrogen and oxygen atoms in total. The Morgan fingerprint density at radius 2 is 1.80 bits per heavy atom. The second-order valence-corrected chi connectivity index (χ2v) is 5.39. The van der Waals surface area contributed by atoms with Gasteiger partial charge in [-0.3, -0.25) is 4.98 Å². The molecule has 4 aromatic rings. The van der Waals surface area contributed by atoms with E-state index < -0.39 is 0 Å². The quantitative estimate of drug-likeness (QED) is 0.387. The Hall–Kier alpha value is -2.45. The number of hydrogen-bond acceptors (Lipinski definition) is 2. The third kappa shape index (κ3) is 5.26. The number of rotatable bonds is 2. The molecule has 0 bridgehead atoms. The Labute approximate surface area is 162 Å². The fourth-order valence-electron chi connectivity index (χ4n) is 2.19. The molecule has 0 amide bonds. The molecule has 3 aromatic heterocycles. The van der Waals surface area contributed by atoms with Gasteiger partial charge in [0.25, 0.3) is 0 Å². The van der Waals surface area contributed by atoms with Gasteiger partial charge in [0.15, 0.2) is 0 Å². The first kappa shape index (κ1) is 18.9. The molecular weight excluding hydrogens is 491 g/mol. The molecule has 0 aliphatic heterocycles. The molecule has 0 radical (unpaired) electrons. The van der Waals surface area contributed by atoms with E-state index >= 15 is 0 Å². The summed E-state index contributed by atoms with van der Waals surface area (Å²) in [7, 11) is 0. The number of nitrogens with zero attached hydrogens (tertiary/aromatic N) is 4. The summed E-state index contributed by atoms with van der Waals surface area (Å²) in [4.78, 5) is 8.41. The van der Waals surface area contributed by atoms with Crippen molar-refractivity contribution >= 4 is 0 Å². The monoisotopic (exact) mass is 508 g/mol. The van der Waals surface area contributed by atoms with Gasteiger partial charge >= 0.3 is 0 Å². The van der Waals surface area contributed by atoms with E-state index in [1.807, 2.05) is 68.6 Å².